The lowest BCUT2D eigenvalue weighted by molar-refractivity contribution is 0.299. The SMILES string of the molecule is C[C@@H](CN)NCc1ccc(OCc2ccccc2F)cc1.Cl. The Morgan fingerprint density at radius 3 is 2.45 bits per heavy atom. The number of benzene rings is 2. The van der Waals surface area contributed by atoms with E-state index in [1.807, 2.05) is 31.2 Å². The van der Waals surface area contributed by atoms with Gasteiger partial charge < -0.3 is 15.8 Å². The summed E-state index contributed by atoms with van der Waals surface area (Å²) in [6.07, 6.45) is 0. The van der Waals surface area contributed by atoms with E-state index >= 15 is 0 Å². The highest BCUT2D eigenvalue weighted by atomic mass is 35.5. The van der Waals surface area contributed by atoms with Gasteiger partial charge in [-0.1, -0.05) is 30.3 Å². The molecule has 0 spiro atoms. The van der Waals surface area contributed by atoms with Crippen LogP contribution in [0.15, 0.2) is 48.5 Å². The molecule has 120 valence electrons. The molecule has 0 radical (unpaired) electrons. The van der Waals surface area contributed by atoms with Crippen molar-refractivity contribution < 1.29 is 9.13 Å². The van der Waals surface area contributed by atoms with Gasteiger partial charge in [0.1, 0.15) is 18.2 Å². The lowest BCUT2D eigenvalue weighted by Crippen LogP contribution is -2.32. The second-order valence-corrected chi connectivity index (χ2v) is 5.04. The fourth-order valence-electron chi connectivity index (χ4n) is 1.86. The van der Waals surface area contributed by atoms with Crippen molar-refractivity contribution in [3.63, 3.8) is 0 Å². The van der Waals surface area contributed by atoms with E-state index in [1.165, 1.54) is 6.07 Å². The highest BCUT2D eigenvalue weighted by Gasteiger charge is 2.02. The molecule has 0 heterocycles. The van der Waals surface area contributed by atoms with Crippen molar-refractivity contribution in [2.75, 3.05) is 6.54 Å². The standard InChI is InChI=1S/C17H21FN2O.ClH/c1-13(10-19)20-11-14-6-8-16(9-7-14)21-12-15-4-2-3-5-17(15)18;/h2-9,13,20H,10-12,19H2,1H3;1H/t13-;/m0./s1. The van der Waals surface area contributed by atoms with E-state index in [0.717, 1.165) is 17.9 Å². The van der Waals surface area contributed by atoms with Crippen LogP contribution in [0.4, 0.5) is 4.39 Å². The zero-order valence-corrected chi connectivity index (χ0v) is 13.4. The lowest BCUT2D eigenvalue weighted by Gasteiger charge is -2.12. The number of hydrogen-bond donors (Lipinski definition) is 2. The van der Waals surface area contributed by atoms with Crippen LogP contribution in [0.1, 0.15) is 18.1 Å². The Bertz CT molecular complexity index is 563. The maximum Gasteiger partial charge on any atom is 0.129 e. The molecule has 2 rings (SSSR count). The summed E-state index contributed by atoms with van der Waals surface area (Å²) in [5.41, 5.74) is 7.27. The van der Waals surface area contributed by atoms with E-state index < -0.39 is 0 Å². The predicted octanol–water partition coefficient (Wildman–Crippen LogP) is 3.26. The largest absolute Gasteiger partial charge is 0.489 e. The molecule has 1 atom stereocenters. The van der Waals surface area contributed by atoms with Crippen molar-refractivity contribution in [3.8, 4) is 5.75 Å². The molecule has 3 nitrogen and oxygen atoms in total. The number of ether oxygens (including phenoxy) is 1. The Morgan fingerprint density at radius 2 is 1.82 bits per heavy atom. The molecule has 0 amide bonds. The fraction of sp³-hybridized carbons (Fsp3) is 0.294. The third kappa shape index (κ3) is 5.64. The smallest absolute Gasteiger partial charge is 0.129 e. The minimum Gasteiger partial charge on any atom is -0.489 e. The van der Waals surface area contributed by atoms with Crippen molar-refractivity contribution in [3.05, 3.63) is 65.5 Å². The third-order valence-electron chi connectivity index (χ3n) is 3.28. The van der Waals surface area contributed by atoms with Crippen LogP contribution in [0.5, 0.6) is 5.75 Å². The molecule has 0 aliphatic rings. The molecule has 5 heteroatoms. The van der Waals surface area contributed by atoms with Gasteiger partial charge in [-0.2, -0.15) is 0 Å². The van der Waals surface area contributed by atoms with Crippen LogP contribution in [0.2, 0.25) is 0 Å². The molecule has 3 N–H and O–H groups in total. The quantitative estimate of drug-likeness (QED) is 0.821. The Balaban J connectivity index is 0.00000242. The summed E-state index contributed by atoms with van der Waals surface area (Å²) in [4.78, 5) is 0. The predicted molar refractivity (Wildman–Crippen MR) is 89.8 cm³/mol. The van der Waals surface area contributed by atoms with Crippen molar-refractivity contribution in [1.29, 1.82) is 0 Å². The summed E-state index contributed by atoms with van der Waals surface area (Å²) in [6.45, 7) is 3.66. The van der Waals surface area contributed by atoms with Crippen LogP contribution in [-0.2, 0) is 13.2 Å². The molecular weight excluding hydrogens is 303 g/mol. The molecule has 0 aromatic heterocycles. The second-order valence-electron chi connectivity index (χ2n) is 5.04. The van der Waals surface area contributed by atoms with Gasteiger partial charge in [-0.3, -0.25) is 0 Å². The zero-order valence-electron chi connectivity index (χ0n) is 12.6. The molecule has 22 heavy (non-hydrogen) atoms. The highest BCUT2D eigenvalue weighted by molar-refractivity contribution is 5.85. The first-order valence-corrected chi connectivity index (χ1v) is 7.07. The normalized spacial score (nSPS) is 11.6. The number of nitrogens with two attached hydrogens (primary N) is 1. The van der Waals surface area contributed by atoms with E-state index in [0.29, 0.717) is 18.2 Å². The Kier molecular flexibility index (Phi) is 7.88. The van der Waals surface area contributed by atoms with Crippen LogP contribution in [-0.4, -0.2) is 12.6 Å². The van der Waals surface area contributed by atoms with Crippen LogP contribution < -0.4 is 15.8 Å². The maximum atomic E-state index is 13.5. The first-order valence-electron chi connectivity index (χ1n) is 7.07. The van der Waals surface area contributed by atoms with Gasteiger partial charge in [0.25, 0.3) is 0 Å². The maximum absolute atomic E-state index is 13.5. The second kappa shape index (κ2) is 9.41. The minimum absolute atomic E-state index is 0. The van der Waals surface area contributed by atoms with E-state index in [-0.39, 0.29) is 24.8 Å². The fourth-order valence-corrected chi connectivity index (χ4v) is 1.86. The van der Waals surface area contributed by atoms with Crippen molar-refractivity contribution >= 4 is 12.4 Å². The molecule has 0 aliphatic heterocycles. The van der Waals surface area contributed by atoms with Gasteiger partial charge in [-0.05, 0) is 30.7 Å². The monoisotopic (exact) mass is 324 g/mol. The van der Waals surface area contributed by atoms with Crippen molar-refractivity contribution in [2.24, 2.45) is 5.73 Å². The van der Waals surface area contributed by atoms with Gasteiger partial charge in [-0.15, -0.1) is 12.4 Å². The average molecular weight is 325 g/mol. The summed E-state index contributed by atoms with van der Waals surface area (Å²) >= 11 is 0. The molecule has 2 aromatic carbocycles. The van der Waals surface area contributed by atoms with Gasteiger partial charge in [0.15, 0.2) is 0 Å². The summed E-state index contributed by atoms with van der Waals surface area (Å²) < 4.78 is 19.1. The molecule has 2 aromatic rings. The van der Waals surface area contributed by atoms with E-state index in [9.17, 15) is 4.39 Å². The van der Waals surface area contributed by atoms with Gasteiger partial charge in [0.2, 0.25) is 0 Å². The Labute approximate surface area is 137 Å². The topological polar surface area (TPSA) is 47.3 Å². The molecule has 0 fully saturated rings. The summed E-state index contributed by atoms with van der Waals surface area (Å²) in [5, 5.41) is 3.32. The number of nitrogens with one attached hydrogen (secondary N) is 1. The number of rotatable bonds is 7. The van der Waals surface area contributed by atoms with E-state index in [4.69, 9.17) is 10.5 Å². The van der Waals surface area contributed by atoms with Gasteiger partial charge in [0.05, 0.1) is 0 Å². The van der Waals surface area contributed by atoms with Gasteiger partial charge in [0, 0.05) is 24.7 Å². The van der Waals surface area contributed by atoms with Crippen molar-refractivity contribution in [1.82, 2.24) is 5.32 Å². The molecule has 0 aliphatic carbocycles. The first-order chi connectivity index (χ1) is 10.2. The van der Waals surface area contributed by atoms with E-state index in [1.54, 1.807) is 18.2 Å². The first kappa shape index (κ1) is 18.4. The summed E-state index contributed by atoms with van der Waals surface area (Å²) in [7, 11) is 0. The van der Waals surface area contributed by atoms with Crippen LogP contribution in [0, 0.1) is 5.82 Å². The van der Waals surface area contributed by atoms with Gasteiger partial charge >= 0.3 is 0 Å². The average Bonchev–Trinajstić information content (AvgIpc) is 2.53. The van der Waals surface area contributed by atoms with Crippen LogP contribution >= 0.6 is 12.4 Å². The molecule has 0 unspecified atom stereocenters. The van der Waals surface area contributed by atoms with Crippen molar-refractivity contribution in [2.45, 2.75) is 26.1 Å². The molecule has 0 saturated heterocycles. The Hall–Kier alpha value is -1.62. The Morgan fingerprint density at radius 1 is 1.14 bits per heavy atom. The number of halogens is 2. The molecular formula is C17H22ClFN2O. The molecule has 0 bridgehead atoms. The third-order valence-corrected chi connectivity index (χ3v) is 3.28. The minimum atomic E-state index is -0.242. The van der Waals surface area contributed by atoms with Crippen LogP contribution in [0.25, 0.3) is 0 Å². The summed E-state index contributed by atoms with van der Waals surface area (Å²) in [6, 6.07) is 14.7. The van der Waals surface area contributed by atoms with E-state index in [2.05, 4.69) is 5.32 Å². The highest BCUT2D eigenvalue weighted by Crippen LogP contribution is 2.15. The number of hydrogen-bond acceptors (Lipinski definition) is 3. The zero-order chi connectivity index (χ0) is 15.1. The summed E-state index contributed by atoms with van der Waals surface area (Å²) in [5.74, 6) is 0.489. The lowest BCUT2D eigenvalue weighted by atomic mass is 10.2. The van der Waals surface area contributed by atoms with Gasteiger partial charge in [-0.25, -0.2) is 4.39 Å². The van der Waals surface area contributed by atoms with Crippen LogP contribution in [0.3, 0.4) is 0 Å². The molecule has 0 saturated carbocycles.